The first-order valence-electron chi connectivity index (χ1n) is 18.1. The monoisotopic (exact) mass is 1710 g/mol. The molecule has 2 unspecified atom stereocenters. The van der Waals surface area contributed by atoms with Gasteiger partial charge in [-0.05, 0) is 42.9 Å². The number of nitrogens with zero attached hydrogens (tertiary/aromatic N) is 2. The molecule has 1 amide bonds. The van der Waals surface area contributed by atoms with Crippen LogP contribution in [0.15, 0.2) is 59.5 Å². The van der Waals surface area contributed by atoms with Gasteiger partial charge in [0.05, 0.1) is 42.2 Å². The second kappa shape index (κ2) is 31.0. The van der Waals surface area contributed by atoms with Crippen molar-refractivity contribution >= 4 is 27.8 Å². The van der Waals surface area contributed by atoms with Crippen LogP contribution in [0.2, 0.25) is 0 Å². The number of benzene rings is 2. The Labute approximate surface area is 487 Å². The number of nitro benzene ring substituents is 1. The third-order valence-corrected chi connectivity index (χ3v) is 10.9. The van der Waals surface area contributed by atoms with Crippen molar-refractivity contribution in [3.8, 4) is 0 Å². The Hall–Kier alpha value is 1.98. The molecule has 318 valence electrons. The molecule has 2 aliphatic heterocycles. The van der Waals surface area contributed by atoms with E-state index in [-0.39, 0.29) is 238 Å². The molecule has 2 aromatic carbocycles. The minimum absolute atomic E-state index is 0. The summed E-state index contributed by atoms with van der Waals surface area (Å²) in [6, 6.07) is 12.4. The maximum absolute atomic E-state index is 14.1. The average Bonchev–Trinajstić information content (AvgIpc) is 3.67. The van der Waals surface area contributed by atoms with E-state index in [0.29, 0.717) is 13.0 Å². The van der Waals surface area contributed by atoms with Crippen LogP contribution in [0.3, 0.4) is 0 Å². The van der Waals surface area contributed by atoms with E-state index < -0.39 is 89.1 Å². The summed E-state index contributed by atoms with van der Waals surface area (Å²) in [6.07, 6.45) is -8.85. The minimum Gasteiger partial charge on any atom is -0.459 e. The zero-order valence-electron chi connectivity index (χ0n) is 33.1. The van der Waals surface area contributed by atoms with Crippen molar-refractivity contribution in [1.29, 1.82) is 0 Å². The predicted octanol–water partition coefficient (Wildman–Crippen LogP) is 1.27. The number of carbonyl (C=O) groups excluding carboxylic acids is 2. The smallest absolute Gasteiger partial charge is 0.407 e. The summed E-state index contributed by atoms with van der Waals surface area (Å²) in [5.41, 5.74) is 0.454. The Balaban J connectivity index is 0.00000841. The molecule has 0 saturated carbocycles. The zero-order valence-corrected chi connectivity index (χ0v) is 52.9. The number of rotatable bonds is 20. The summed E-state index contributed by atoms with van der Waals surface area (Å²) < 4.78 is 57.0. The molecular weight excluding hydrogens is 1650 g/mol. The van der Waals surface area contributed by atoms with Crippen molar-refractivity contribution in [2.75, 3.05) is 39.5 Å². The largest absolute Gasteiger partial charge is 0.459 e. The molecule has 18 nitrogen and oxygen atoms in total. The van der Waals surface area contributed by atoms with Gasteiger partial charge in [0.25, 0.3) is 5.69 Å². The standard InChI is InChI=1S/C36H51N3O15S.4Ac/c1-23(2)19-38(55(48,49)27-13-11-25(12-14-27)39(46)47)20-29(28(18-24-8-4-3-5-9-24)37-36(45)52-26-15-17-50-22-26)53-31(41)10-6-7-16-51-35-34(44)33(43)32(42)30(21-40)54-35;;;;/h3-5,8-9,11-14,23,26,28-30,32-35,40,42-44H,6-7,10,15-22H2,1-2H3,(H,37,45);;;;/t26-,28-,29+,30?,32+,33?,34-,35+;;;;/m0..../s1. The molecule has 4 rings (SSSR count). The van der Waals surface area contributed by atoms with Crippen molar-refractivity contribution in [2.45, 2.75) is 99.8 Å². The third kappa shape index (κ3) is 19.8. The van der Waals surface area contributed by atoms with Crippen LogP contribution in [0, 0.1) is 192 Å². The van der Waals surface area contributed by atoms with Crippen LogP contribution in [0.5, 0.6) is 0 Å². The molecule has 2 heterocycles. The molecule has 59 heavy (non-hydrogen) atoms. The maximum atomic E-state index is 14.1. The summed E-state index contributed by atoms with van der Waals surface area (Å²) in [4.78, 5) is 37.1. The van der Waals surface area contributed by atoms with E-state index in [0.717, 1.165) is 34.1 Å². The van der Waals surface area contributed by atoms with Gasteiger partial charge in [0.2, 0.25) is 10.0 Å². The molecule has 2 fully saturated rings. The van der Waals surface area contributed by atoms with Crippen LogP contribution < -0.4 is 5.32 Å². The number of amides is 1. The second-order valence-electron chi connectivity index (χ2n) is 13.9. The molecule has 2 aliphatic rings. The zero-order chi connectivity index (χ0) is 40.1. The van der Waals surface area contributed by atoms with Gasteiger partial charge in [0, 0.05) is 214 Å². The fraction of sp³-hybridized carbons (Fsp3) is 0.611. The number of alkyl carbamates (subject to hydrolysis) is 1. The SMILES string of the molecule is CC(C)CN(C[C@@H](OC(=O)CCCCO[C@@H]1OC(CO)[C@@H](O)C(O)[C@@H]1O)[C@H](Cc1ccccc1)NC(=O)O[C@H]1CCOC1)S(=O)(=O)c1ccc([N+](=O)[O-])cc1.[Ac].[Ac].[Ac].[Ac]. The molecule has 2 aromatic rings. The van der Waals surface area contributed by atoms with E-state index in [2.05, 4.69) is 5.32 Å². The van der Waals surface area contributed by atoms with Crippen molar-refractivity contribution in [3.63, 3.8) is 0 Å². The van der Waals surface area contributed by atoms with E-state index >= 15 is 0 Å². The fourth-order valence-corrected chi connectivity index (χ4v) is 7.72. The summed E-state index contributed by atoms with van der Waals surface area (Å²) in [5, 5.41) is 53.7. The van der Waals surface area contributed by atoms with Gasteiger partial charge >= 0.3 is 12.1 Å². The molecular formula is C36H51Ac4N3O15S. The topological polar surface area (TPSA) is 254 Å². The van der Waals surface area contributed by atoms with Crippen LogP contribution in [-0.2, 0) is 44.9 Å². The summed E-state index contributed by atoms with van der Waals surface area (Å²) in [6.45, 7) is 3.16. The number of aliphatic hydroxyl groups is 4. The van der Waals surface area contributed by atoms with Crippen LogP contribution >= 0.6 is 0 Å². The number of aliphatic hydroxyl groups excluding tert-OH is 4. The fourth-order valence-electron chi connectivity index (χ4n) is 6.10. The van der Waals surface area contributed by atoms with E-state index in [1.807, 2.05) is 0 Å². The van der Waals surface area contributed by atoms with Crippen LogP contribution in [-0.4, -0.2) is 139 Å². The Kier molecular flexibility index (Phi) is 32.1. The Morgan fingerprint density at radius 3 is 2.20 bits per heavy atom. The molecule has 8 atom stereocenters. The van der Waals surface area contributed by atoms with Crippen LogP contribution in [0.25, 0.3) is 0 Å². The maximum Gasteiger partial charge on any atom is 0.407 e. The van der Waals surface area contributed by atoms with Crippen LogP contribution in [0.4, 0.5) is 10.5 Å². The van der Waals surface area contributed by atoms with Crippen molar-refractivity contribution in [2.24, 2.45) is 5.92 Å². The van der Waals surface area contributed by atoms with Crippen molar-refractivity contribution in [1.82, 2.24) is 9.62 Å². The summed E-state index contributed by atoms with van der Waals surface area (Å²) in [7, 11) is -4.31. The second-order valence-corrected chi connectivity index (χ2v) is 15.8. The normalized spacial score (nSPS) is 22.4. The molecule has 4 radical (unpaired) electrons. The molecule has 0 spiro atoms. The first-order valence-corrected chi connectivity index (χ1v) is 19.6. The number of nitrogens with one attached hydrogen (secondary N) is 1. The van der Waals surface area contributed by atoms with E-state index in [1.165, 1.54) is 0 Å². The van der Waals surface area contributed by atoms with Gasteiger partial charge in [-0.15, -0.1) is 0 Å². The van der Waals surface area contributed by atoms with Gasteiger partial charge in [0.1, 0.15) is 36.6 Å². The Bertz CT molecular complexity index is 1650. The minimum atomic E-state index is -4.31. The van der Waals surface area contributed by atoms with Crippen molar-refractivity contribution < 1.29 is 243 Å². The molecule has 5 N–H and O–H groups in total. The first-order chi connectivity index (χ1) is 26.2. The number of hydrogen-bond donors (Lipinski definition) is 5. The van der Waals surface area contributed by atoms with Gasteiger partial charge < -0.3 is 49.4 Å². The first kappa shape index (κ1) is 61.0. The summed E-state index contributed by atoms with van der Waals surface area (Å²) in [5.74, 6) is -0.923. The number of esters is 1. The van der Waals surface area contributed by atoms with E-state index in [1.54, 1.807) is 44.2 Å². The van der Waals surface area contributed by atoms with E-state index in [9.17, 15) is 48.5 Å². The number of sulfonamides is 1. The molecule has 23 heteroatoms. The molecule has 2 saturated heterocycles. The van der Waals surface area contributed by atoms with Gasteiger partial charge in [-0.25, -0.2) is 13.2 Å². The van der Waals surface area contributed by atoms with Gasteiger partial charge in [-0.2, -0.15) is 4.31 Å². The van der Waals surface area contributed by atoms with Crippen molar-refractivity contribution in [3.05, 3.63) is 70.3 Å². The van der Waals surface area contributed by atoms with Crippen LogP contribution in [0.1, 0.15) is 45.1 Å². The quantitative estimate of drug-likeness (QED) is 0.0542. The number of nitro groups is 1. The van der Waals surface area contributed by atoms with Gasteiger partial charge in [-0.1, -0.05) is 44.2 Å². The molecule has 0 aromatic heterocycles. The average molecular weight is 1710 g/mol. The Morgan fingerprint density at radius 1 is 0.966 bits per heavy atom. The number of non-ortho nitro benzene ring substituents is 1. The Morgan fingerprint density at radius 2 is 1.63 bits per heavy atom. The number of hydrogen-bond acceptors (Lipinski definition) is 15. The third-order valence-electron chi connectivity index (χ3n) is 9.04. The van der Waals surface area contributed by atoms with E-state index in [4.69, 9.17) is 23.7 Å². The van der Waals surface area contributed by atoms with Gasteiger partial charge in [0.15, 0.2) is 6.29 Å². The number of carbonyl (C=O) groups is 2. The summed E-state index contributed by atoms with van der Waals surface area (Å²) >= 11 is 0. The number of unbranched alkanes of at least 4 members (excludes halogenated alkanes) is 1. The molecule has 0 bridgehead atoms. The van der Waals surface area contributed by atoms with Gasteiger partial charge in [-0.3, -0.25) is 14.9 Å². The predicted molar refractivity (Wildman–Crippen MR) is 193 cm³/mol. The molecule has 0 aliphatic carbocycles. The number of ether oxygens (including phenoxy) is 5.